The summed E-state index contributed by atoms with van der Waals surface area (Å²) < 4.78 is 0. The van der Waals surface area contributed by atoms with E-state index in [4.69, 9.17) is 0 Å². The van der Waals surface area contributed by atoms with Gasteiger partial charge in [-0.25, -0.2) is 0 Å². The zero-order chi connectivity index (χ0) is 14.8. The molecule has 3 fully saturated rings. The highest BCUT2D eigenvalue weighted by Crippen LogP contribution is 2.59. The fourth-order valence-corrected chi connectivity index (χ4v) is 5.97. The van der Waals surface area contributed by atoms with Crippen LogP contribution in [-0.4, -0.2) is 35.2 Å². The summed E-state index contributed by atoms with van der Waals surface area (Å²) in [5, 5.41) is 10.2. The van der Waals surface area contributed by atoms with E-state index in [1.54, 1.807) is 11.1 Å². The lowest BCUT2D eigenvalue weighted by molar-refractivity contribution is -0.121. The molecule has 2 heterocycles. The van der Waals surface area contributed by atoms with Gasteiger partial charge in [0.2, 0.25) is 0 Å². The zero-order valence-electron chi connectivity index (χ0n) is 13.8. The number of halogens is 1. The second-order valence-electron chi connectivity index (χ2n) is 7.62. The smallest absolute Gasteiger partial charge is 0.0555 e. The predicted octanol–water partition coefficient (Wildman–Crippen LogP) is 3.40. The number of fused-ring (bicyclic) bond motifs is 2. The van der Waals surface area contributed by atoms with Gasteiger partial charge in [-0.2, -0.15) is 0 Å². The molecule has 1 aromatic rings. The first-order valence-corrected chi connectivity index (χ1v) is 8.57. The fourth-order valence-electron chi connectivity index (χ4n) is 5.97. The Morgan fingerprint density at radius 1 is 1.32 bits per heavy atom. The number of nitrogens with zero attached hydrogens (tertiary/aromatic N) is 1. The molecule has 6 atom stereocenters. The molecular weight excluding hydrogens is 294 g/mol. The summed E-state index contributed by atoms with van der Waals surface area (Å²) in [7, 11) is 2.30. The molecule has 3 heteroatoms. The summed E-state index contributed by atoms with van der Waals surface area (Å²) in [4.78, 5) is 2.61. The molecule has 2 aliphatic heterocycles. The third-order valence-electron chi connectivity index (χ3n) is 7.05. The van der Waals surface area contributed by atoms with E-state index >= 15 is 0 Å². The van der Waals surface area contributed by atoms with E-state index in [2.05, 4.69) is 43.1 Å². The number of rotatable bonds is 2. The van der Waals surface area contributed by atoms with Gasteiger partial charge in [-0.3, -0.25) is 4.90 Å². The molecule has 0 amide bonds. The number of hydrogen-bond donors (Lipinski definition) is 1. The third-order valence-corrected chi connectivity index (χ3v) is 7.05. The molecule has 4 bridgehead atoms. The van der Waals surface area contributed by atoms with E-state index in [1.807, 2.05) is 6.92 Å². The van der Waals surface area contributed by atoms with E-state index < -0.39 is 0 Å². The monoisotopic (exact) mass is 321 g/mol. The van der Waals surface area contributed by atoms with Crippen LogP contribution in [0.5, 0.6) is 0 Å². The Hall–Kier alpha value is -0.570. The summed E-state index contributed by atoms with van der Waals surface area (Å²) in [5.74, 6) is 1.17. The average molecular weight is 322 g/mol. The molecule has 0 radical (unpaired) electrons. The predicted molar refractivity (Wildman–Crippen MR) is 92.6 cm³/mol. The van der Waals surface area contributed by atoms with Crippen LogP contribution in [0.25, 0.3) is 0 Å². The maximum Gasteiger partial charge on any atom is 0.0555 e. The van der Waals surface area contributed by atoms with Crippen molar-refractivity contribution in [3.8, 4) is 0 Å². The number of benzene rings is 1. The minimum absolute atomic E-state index is 0. The highest BCUT2D eigenvalue weighted by atomic mass is 35.5. The van der Waals surface area contributed by atoms with Crippen molar-refractivity contribution in [1.82, 2.24) is 4.90 Å². The van der Waals surface area contributed by atoms with Gasteiger partial charge in [0.1, 0.15) is 0 Å². The van der Waals surface area contributed by atoms with Gasteiger partial charge in [0.25, 0.3) is 0 Å². The molecule has 1 saturated carbocycles. The SMILES string of the molecule is CC[C@@]12CC3[C@@H](C(C)O)CC1C(Cc1ccccc12)N3C.Cl. The molecule has 2 nitrogen and oxygen atoms in total. The van der Waals surface area contributed by atoms with Gasteiger partial charge in [-0.15, -0.1) is 12.4 Å². The molecule has 0 aromatic heterocycles. The van der Waals surface area contributed by atoms with E-state index in [0.29, 0.717) is 29.3 Å². The molecule has 4 unspecified atom stereocenters. The number of aliphatic hydroxyl groups excluding tert-OH is 1. The molecule has 4 aliphatic rings. The van der Waals surface area contributed by atoms with Gasteiger partial charge >= 0.3 is 0 Å². The Morgan fingerprint density at radius 3 is 2.73 bits per heavy atom. The highest BCUT2D eigenvalue weighted by Gasteiger charge is 2.60. The normalized spacial score (nSPS) is 40.7. The van der Waals surface area contributed by atoms with Crippen molar-refractivity contribution in [3.63, 3.8) is 0 Å². The first-order valence-electron chi connectivity index (χ1n) is 8.57. The third kappa shape index (κ3) is 1.93. The summed E-state index contributed by atoms with van der Waals surface area (Å²) in [6.45, 7) is 4.36. The van der Waals surface area contributed by atoms with E-state index in [9.17, 15) is 5.11 Å². The van der Waals surface area contributed by atoms with Crippen molar-refractivity contribution < 1.29 is 5.11 Å². The summed E-state index contributed by atoms with van der Waals surface area (Å²) in [5.41, 5.74) is 3.56. The minimum atomic E-state index is -0.176. The lowest BCUT2D eigenvalue weighted by Gasteiger charge is -2.65. The number of aliphatic hydroxyl groups is 1. The summed E-state index contributed by atoms with van der Waals surface area (Å²) in [6.07, 6.45) is 4.70. The van der Waals surface area contributed by atoms with Crippen LogP contribution in [0.1, 0.15) is 44.2 Å². The molecule has 5 rings (SSSR count). The van der Waals surface area contributed by atoms with E-state index in [-0.39, 0.29) is 18.5 Å². The minimum Gasteiger partial charge on any atom is -0.393 e. The standard InChI is InChI=1S/C19H27NO.ClH/c1-4-19-11-18-14(12(2)21)10-16(19)17(20(18)3)9-13-7-5-6-8-15(13)19;/h5-8,12,14,16-18,21H,4,9-11H2,1-3H3;1H/t12?,14-,16?,17?,18?,19+;/m1./s1. The average Bonchev–Trinajstić information content (AvgIpc) is 2.50. The quantitative estimate of drug-likeness (QED) is 0.902. The first-order chi connectivity index (χ1) is 10.1. The van der Waals surface area contributed by atoms with Crippen molar-refractivity contribution in [3.05, 3.63) is 35.4 Å². The largest absolute Gasteiger partial charge is 0.393 e. The van der Waals surface area contributed by atoms with Gasteiger partial charge in [0, 0.05) is 23.4 Å². The maximum atomic E-state index is 10.2. The molecule has 122 valence electrons. The summed E-state index contributed by atoms with van der Waals surface area (Å²) >= 11 is 0. The van der Waals surface area contributed by atoms with Crippen molar-refractivity contribution in [2.24, 2.45) is 11.8 Å². The Kier molecular flexibility index (Phi) is 4.08. The Bertz CT molecular complexity index is 560. The van der Waals surface area contributed by atoms with Crippen molar-refractivity contribution in [1.29, 1.82) is 0 Å². The Morgan fingerprint density at radius 2 is 2.05 bits per heavy atom. The van der Waals surface area contributed by atoms with E-state index in [1.165, 1.54) is 25.7 Å². The molecule has 1 aromatic carbocycles. The zero-order valence-corrected chi connectivity index (χ0v) is 14.6. The van der Waals surface area contributed by atoms with Gasteiger partial charge in [0.15, 0.2) is 0 Å². The van der Waals surface area contributed by atoms with Crippen molar-refractivity contribution >= 4 is 12.4 Å². The van der Waals surface area contributed by atoms with Gasteiger partial charge in [0.05, 0.1) is 6.10 Å². The van der Waals surface area contributed by atoms with Gasteiger partial charge < -0.3 is 5.11 Å². The van der Waals surface area contributed by atoms with Crippen molar-refractivity contribution in [2.45, 2.75) is 63.1 Å². The molecule has 1 N–H and O–H groups in total. The molecule has 0 spiro atoms. The lowest BCUT2D eigenvalue weighted by Crippen LogP contribution is -2.69. The molecule has 22 heavy (non-hydrogen) atoms. The molecule has 2 saturated heterocycles. The Labute approximate surface area is 140 Å². The topological polar surface area (TPSA) is 23.5 Å². The second-order valence-corrected chi connectivity index (χ2v) is 7.62. The van der Waals surface area contributed by atoms with Crippen LogP contribution in [0.15, 0.2) is 24.3 Å². The fraction of sp³-hybridized carbons (Fsp3) is 0.684. The van der Waals surface area contributed by atoms with Crippen LogP contribution in [0.3, 0.4) is 0 Å². The maximum absolute atomic E-state index is 10.2. The van der Waals surface area contributed by atoms with Gasteiger partial charge in [-0.05, 0) is 56.7 Å². The summed E-state index contributed by atoms with van der Waals surface area (Å²) in [6, 6.07) is 10.4. The van der Waals surface area contributed by atoms with Gasteiger partial charge in [-0.1, -0.05) is 31.2 Å². The van der Waals surface area contributed by atoms with Crippen LogP contribution < -0.4 is 0 Å². The van der Waals surface area contributed by atoms with Crippen LogP contribution in [-0.2, 0) is 11.8 Å². The molecular formula is C19H28ClNO. The van der Waals surface area contributed by atoms with Crippen LogP contribution in [0.4, 0.5) is 0 Å². The van der Waals surface area contributed by atoms with Crippen LogP contribution >= 0.6 is 12.4 Å². The number of likely N-dealkylation sites (N-methyl/N-ethyl adjacent to an activating group) is 1. The van der Waals surface area contributed by atoms with Crippen molar-refractivity contribution in [2.75, 3.05) is 7.05 Å². The van der Waals surface area contributed by atoms with E-state index in [0.717, 1.165) is 0 Å². The highest BCUT2D eigenvalue weighted by molar-refractivity contribution is 5.85. The number of hydrogen-bond acceptors (Lipinski definition) is 2. The van der Waals surface area contributed by atoms with Crippen LogP contribution in [0.2, 0.25) is 0 Å². The van der Waals surface area contributed by atoms with Crippen LogP contribution in [0, 0.1) is 11.8 Å². The lowest BCUT2D eigenvalue weighted by atomic mass is 9.48. The second kappa shape index (κ2) is 5.51. The first kappa shape index (κ1) is 16.3. The Balaban J connectivity index is 0.00000144. The molecule has 2 aliphatic carbocycles. The number of piperidine rings is 2.